The molecule has 0 amide bonds. The summed E-state index contributed by atoms with van der Waals surface area (Å²) in [7, 11) is 1.74. The number of hydrogen-bond acceptors (Lipinski definition) is 2. The summed E-state index contributed by atoms with van der Waals surface area (Å²) < 4.78 is 4.91. The first-order valence-electron chi connectivity index (χ1n) is 3.54. The summed E-state index contributed by atoms with van der Waals surface area (Å²) in [4.78, 5) is 0. The first kappa shape index (κ1) is 10.6. The van der Waals surface area contributed by atoms with Crippen LogP contribution in [-0.4, -0.2) is 31.1 Å². The molecular formula is C7H15ClOS. The van der Waals surface area contributed by atoms with Gasteiger partial charge in [0.15, 0.2) is 0 Å². The van der Waals surface area contributed by atoms with Crippen LogP contribution >= 0.6 is 23.4 Å². The summed E-state index contributed by atoms with van der Waals surface area (Å²) in [6.45, 7) is 0.890. The number of methoxy groups -OCH3 is 1. The first-order valence-corrected chi connectivity index (χ1v) is 5.23. The molecule has 3 heteroatoms. The highest BCUT2D eigenvalue weighted by atomic mass is 35.5. The Hall–Kier alpha value is 0.600. The predicted octanol–water partition coefficient (Wildman–Crippen LogP) is 2.39. The average Bonchev–Trinajstić information content (AvgIpc) is 1.97. The van der Waals surface area contributed by atoms with Gasteiger partial charge in [0.25, 0.3) is 0 Å². The van der Waals surface area contributed by atoms with E-state index in [4.69, 9.17) is 16.3 Å². The monoisotopic (exact) mass is 182 g/mol. The number of halogens is 1. The summed E-state index contributed by atoms with van der Waals surface area (Å²) in [6.07, 6.45) is 2.42. The van der Waals surface area contributed by atoms with Crippen LogP contribution in [0.1, 0.15) is 12.8 Å². The van der Waals surface area contributed by atoms with Crippen LogP contribution in [0.3, 0.4) is 0 Å². The Bertz CT molecular complexity index is 53.6. The highest BCUT2D eigenvalue weighted by Crippen LogP contribution is 2.04. The Morgan fingerprint density at radius 2 is 2.10 bits per heavy atom. The third-order valence-electron chi connectivity index (χ3n) is 1.11. The third kappa shape index (κ3) is 8.60. The third-order valence-corrected chi connectivity index (χ3v) is 2.59. The molecule has 1 nitrogen and oxygen atoms in total. The van der Waals surface area contributed by atoms with Gasteiger partial charge in [-0.15, -0.1) is 11.6 Å². The summed E-state index contributed by atoms with van der Waals surface area (Å²) >= 11 is 7.41. The zero-order valence-corrected chi connectivity index (χ0v) is 8.01. The van der Waals surface area contributed by atoms with Crippen LogP contribution in [0.5, 0.6) is 0 Å². The minimum atomic E-state index is 0.773. The van der Waals surface area contributed by atoms with Crippen molar-refractivity contribution in [2.45, 2.75) is 12.8 Å². The van der Waals surface area contributed by atoms with Gasteiger partial charge in [0, 0.05) is 25.3 Å². The molecule has 0 aromatic heterocycles. The quantitative estimate of drug-likeness (QED) is 0.442. The lowest BCUT2D eigenvalue weighted by Crippen LogP contribution is -1.90. The van der Waals surface area contributed by atoms with Crippen molar-refractivity contribution in [3.05, 3.63) is 0 Å². The fourth-order valence-electron chi connectivity index (χ4n) is 0.607. The van der Waals surface area contributed by atoms with E-state index in [0.29, 0.717) is 0 Å². The molecule has 62 valence electrons. The molecule has 0 aliphatic rings. The van der Waals surface area contributed by atoms with E-state index in [9.17, 15) is 0 Å². The lowest BCUT2D eigenvalue weighted by atomic mass is 10.4. The van der Waals surface area contributed by atoms with Crippen LogP contribution in [0.15, 0.2) is 0 Å². The van der Waals surface area contributed by atoms with Gasteiger partial charge in [-0.3, -0.25) is 0 Å². The van der Waals surface area contributed by atoms with Gasteiger partial charge in [0.2, 0.25) is 0 Å². The van der Waals surface area contributed by atoms with Crippen molar-refractivity contribution in [2.75, 3.05) is 31.1 Å². The van der Waals surface area contributed by atoms with E-state index in [1.54, 1.807) is 7.11 Å². The molecule has 0 aliphatic carbocycles. The fourth-order valence-corrected chi connectivity index (χ4v) is 1.66. The zero-order chi connectivity index (χ0) is 7.66. The van der Waals surface area contributed by atoms with Crippen LogP contribution in [0.2, 0.25) is 0 Å². The Morgan fingerprint density at radius 1 is 1.30 bits per heavy atom. The van der Waals surface area contributed by atoms with Crippen LogP contribution in [0.25, 0.3) is 0 Å². The van der Waals surface area contributed by atoms with Gasteiger partial charge < -0.3 is 4.74 Å². The van der Waals surface area contributed by atoms with Crippen molar-refractivity contribution < 1.29 is 4.74 Å². The second-order valence-electron chi connectivity index (χ2n) is 2.00. The molecule has 0 atom stereocenters. The average molecular weight is 183 g/mol. The Balaban J connectivity index is 2.65. The standard InChI is InChI=1S/C7H15ClOS/c1-9-5-2-3-6-10-7-4-8/h2-7H2,1H3. The number of hydrogen-bond donors (Lipinski definition) is 0. The van der Waals surface area contributed by atoms with E-state index in [0.717, 1.165) is 18.2 Å². The summed E-state index contributed by atoms with van der Waals surface area (Å²) in [6, 6.07) is 0. The van der Waals surface area contributed by atoms with Gasteiger partial charge in [0.1, 0.15) is 0 Å². The van der Waals surface area contributed by atoms with Crippen LogP contribution < -0.4 is 0 Å². The maximum Gasteiger partial charge on any atom is 0.0462 e. The molecule has 0 fully saturated rings. The highest BCUT2D eigenvalue weighted by molar-refractivity contribution is 7.99. The van der Waals surface area contributed by atoms with Gasteiger partial charge in [0.05, 0.1) is 0 Å². The topological polar surface area (TPSA) is 9.23 Å². The van der Waals surface area contributed by atoms with Crippen molar-refractivity contribution in [3.63, 3.8) is 0 Å². The Labute approximate surface area is 72.5 Å². The van der Waals surface area contributed by atoms with E-state index in [1.807, 2.05) is 11.8 Å². The minimum Gasteiger partial charge on any atom is -0.385 e. The van der Waals surface area contributed by atoms with E-state index in [2.05, 4.69) is 0 Å². The predicted molar refractivity (Wildman–Crippen MR) is 49.2 cm³/mol. The second-order valence-corrected chi connectivity index (χ2v) is 3.60. The summed E-state index contributed by atoms with van der Waals surface area (Å²) in [5, 5.41) is 0. The lowest BCUT2D eigenvalue weighted by Gasteiger charge is -1.98. The van der Waals surface area contributed by atoms with Gasteiger partial charge in [-0.2, -0.15) is 11.8 Å². The van der Waals surface area contributed by atoms with E-state index >= 15 is 0 Å². The molecule has 0 aliphatic heterocycles. The molecule has 0 bridgehead atoms. The van der Waals surface area contributed by atoms with Crippen LogP contribution in [0, 0.1) is 0 Å². The van der Waals surface area contributed by atoms with Crippen molar-refractivity contribution >= 4 is 23.4 Å². The Kier molecular flexibility index (Phi) is 10.2. The minimum absolute atomic E-state index is 0.773. The largest absolute Gasteiger partial charge is 0.385 e. The number of ether oxygens (including phenoxy) is 1. The number of rotatable bonds is 7. The summed E-state index contributed by atoms with van der Waals surface area (Å²) in [5.74, 6) is 3.07. The molecule has 10 heavy (non-hydrogen) atoms. The van der Waals surface area contributed by atoms with E-state index < -0.39 is 0 Å². The highest BCUT2D eigenvalue weighted by Gasteiger charge is 1.88. The lowest BCUT2D eigenvalue weighted by molar-refractivity contribution is 0.194. The van der Waals surface area contributed by atoms with Gasteiger partial charge in [-0.05, 0) is 18.6 Å². The van der Waals surface area contributed by atoms with E-state index in [-0.39, 0.29) is 0 Å². The van der Waals surface area contributed by atoms with Crippen molar-refractivity contribution in [1.82, 2.24) is 0 Å². The van der Waals surface area contributed by atoms with E-state index in [1.165, 1.54) is 18.6 Å². The van der Waals surface area contributed by atoms with Gasteiger partial charge in [-0.1, -0.05) is 0 Å². The summed E-state index contributed by atoms with van der Waals surface area (Å²) in [5.41, 5.74) is 0. The van der Waals surface area contributed by atoms with Crippen LogP contribution in [0.4, 0.5) is 0 Å². The van der Waals surface area contributed by atoms with Gasteiger partial charge >= 0.3 is 0 Å². The molecule has 0 saturated carbocycles. The normalized spacial score (nSPS) is 10.2. The van der Waals surface area contributed by atoms with Crippen LogP contribution in [-0.2, 0) is 4.74 Å². The first-order chi connectivity index (χ1) is 4.91. The molecule has 0 rings (SSSR count). The van der Waals surface area contributed by atoms with Gasteiger partial charge in [-0.25, -0.2) is 0 Å². The molecule has 0 aromatic rings. The Morgan fingerprint density at radius 3 is 2.70 bits per heavy atom. The number of thioether (sulfide) groups is 1. The SMILES string of the molecule is COCCCCSCCCl. The molecule has 0 N–H and O–H groups in total. The number of alkyl halides is 1. The fraction of sp³-hybridized carbons (Fsp3) is 1.00. The molecule has 0 saturated heterocycles. The van der Waals surface area contributed by atoms with Crippen molar-refractivity contribution in [2.24, 2.45) is 0 Å². The molecule has 0 aromatic carbocycles. The second kappa shape index (κ2) is 9.60. The van der Waals surface area contributed by atoms with Crippen molar-refractivity contribution in [1.29, 1.82) is 0 Å². The smallest absolute Gasteiger partial charge is 0.0462 e. The maximum absolute atomic E-state index is 5.50. The van der Waals surface area contributed by atoms with Crippen molar-refractivity contribution in [3.8, 4) is 0 Å². The molecule has 0 unspecified atom stereocenters. The molecule has 0 spiro atoms. The molecular weight excluding hydrogens is 168 g/mol. The number of unbranched alkanes of at least 4 members (excludes halogenated alkanes) is 1. The zero-order valence-electron chi connectivity index (χ0n) is 6.44. The molecule has 0 radical (unpaired) electrons. The maximum atomic E-state index is 5.50. The molecule has 0 heterocycles.